The zero-order valence-corrected chi connectivity index (χ0v) is 10.3. The highest BCUT2D eigenvalue weighted by Gasteiger charge is 1.92. The quantitative estimate of drug-likeness (QED) is 0.583. The Kier molecular flexibility index (Phi) is 4.12. The Morgan fingerprint density at radius 1 is 0.941 bits per heavy atom. The molecule has 1 nitrogen and oxygen atoms in total. The maximum Gasteiger partial charge on any atom is 0.118 e. The highest BCUT2D eigenvalue weighted by atomic mass is 32.2. The van der Waals surface area contributed by atoms with Crippen LogP contribution in [0.5, 0.6) is 5.75 Å². The Balaban J connectivity index is 2.00. The van der Waals surface area contributed by atoms with E-state index in [1.807, 2.05) is 54.6 Å². The summed E-state index contributed by atoms with van der Waals surface area (Å²) in [6.07, 6.45) is 0. The lowest BCUT2D eigenvalue weighted by Gasteiger charge is -1.98. The van der Waals surface area contributed by atoms with E-state index in [9.17, 15) is 0 Å². The fraction of sp³-hybridized carbons (Fsp3) is 0.0667. The highest BCUT2D eigenvalue weighted by molar-refractivity contribution is 8.03. The number of hydrogen-bond donors (Lipinski definition) is 0. The molecule has 0 saturated heterocycles. The maximum atomic E-state index is 5.10. The predicted octanol–water partition coefficient (Wildman–Crippen LogP) is 3.80. The van der Waals surface area contributed by atoms with Crippen LogP contribution in [0.2, 0.25) is 0 Å². The van der Waals surface area contributed by atoms with Gasteiger partial charge >= 0.3 is 0 Å². The minimum absolute atomic E-state index is 0.866. The van der Waals surface area contributed by atoms with Gasteiger partial charge in [-0.05, 0) is 53.4 Å². The number of rotatable bonds is 2. The zero-order chi connectivity index (χ0) is 11.9. The molecule has 0 aromatic heterocycles. The van der Waals surface area contributed by atoms with Crippen molar-refractivity contribution in [1.82, 2.24) is 0 Å². The molecule has 0 fully saturated rings. The van der Waals surface area contributed by atoms with Gasteiger partial charge in [0, 0.05) is 10.5 Å². The number of benzene rings is 2. The van der Waals surface area contributed by atoms with Crippen LogP contribution in [0.1, 0.15) is 5.56 Å². The second kappa shape index (κ2) is 6.03. The first-order valence-electron chi connectivity index (χ1n) is 5.25. The predicted molar refractivity (Wildman–Crippen MR) is 72.2 cm³/mol. The van der Waals surface area contributed by atoms with E-state index >= 15 is 0 Å². The van der Waals surface area contributed by atoms with Crippen LogP contribution in [0.3, 0.4) is 0 Å². The second-order valence-electron chi connectivity index (χ2n) is 3.37. The molecule has 0 N–H and O–H groups in total. The van der Waals surface area contributed by atoms with E-state index in [0.717, 1.165) is 16.2 Å². The van der Waals surface area contributed by atoms with Gasteiger partial charge in [-0.1, -0.05) is 24.1 Å². The van der Waals surface area contributed by atoms with Crippen molar-refractivity contribution in [1.29, 1.82) is 0 Å². The fourth-order valence-corrected chi connectivity index (χ4v) is 1.87. The lowest BCUT2D eigenvalue weighted by Crippen LogP contribution is -1.80. The normalized spacial score (nSPS) is 9.24. The van der Waals surface area contributed by atoms with Gasteiger partial charge in [0.15, 0.2) is 0 Å². The average Bonchev–Trinajstić information content (AvgIpc) is 2.41. The molecule has 0 heterocycles. The van der Waals surface area contributed by atoms with Gasteiger partial charge in [-0.2, -0.15) is 0 Å². The molecule has 2 aromatic rings. The summed E-state index contributed by atoms with van der Waals surface area (Å²) in [5.41, 5.74) is 1.04. The van der Waals surface area contributed by atoms with Gasteiger partial charge in [-0.25, -0.2) is 0 Å². The van der Waals surface area contributed by atoms with Crippen molar-refractivity contribution in [2.45, 2.75) is 4.90 Å². The number of methoxy groups -OCH3 is 1. The van der Waals surface area contributed by atoms with Crippen LogP contribution in [0.15, 0.2) is 59.5 Å². The van der Waals surface area contributed by atoms with Gasteiger partial charge in [-0.15, -0.1) is 0 Å². The van der Waals surface area contributed by atoms with Crippen molar-refractivity contribution in [2.24, 2.45) is 0 Å². The molecule has 0 aliphatic carbocycles. The standard InChI is InChI=1S/C15H12OS/c1-16-14-7-9-15(10-8-14)17-12-11-13-5-3-2-4-6-13/h2-10H,1H3. The molecule has 0 bridgehead atoms. The average molecular weight is 240 g/mol. The molecule has 2 aromatic carbocycles. The van der Waals surface area contributed by atoms with Crippen LogP contribution in [0.4, 0.5) is 0 Å². The van der Waals surface area contributed by atoms with Crippen LogP contribution in [0, 0.1) is 11.2 Å². The minimum atomic E-state index is 0.866. The van der Waals surface area contributed by atoms with Crippen LogP contribution in [-0.4, -0.2) is 7.11 Å². The summed E-state index contributed by atoms with van der Waals surface area (Å²) in [4.78, 5) is 1.12. The second-order valence-corrected chi connectivity index (χ2v) is 4.25. The maximum absolute atomic E-state index is 5.10. The molecule has 0 unspecified atom stereocenters. The number of ether oxygens (including phenoxy) is 1. The summed E-state index contributed by atoms with van der Waals surface area (Å²) in [6, 6.07) is 17.8. The fourth-order valence-electron chi connectivity index (χ4n) is 1.31. The molecular weight excluding hydrogens is 228 g/mol. The topological polar surface area (TPSA) is 9.23 Å². The van der Waals surface area contributed by atoms with Crippen molar-refractivity contribution in [3.63, 3.8) is 0 Å². The zero-order valence-electron chi connectivity index (χ0n) is 9.51. The third kappa shape index (κ3) is 3.58. The molecule has 0 aliphatic rings. The van der Waals surface area contributed by atoms with Gasteiger partial charge in [0.05, 0.1) is 7.11 Å². The van der Waals surface area contributed by atoms with Crippen molar-refractivity contribution in [3.8, 4) is 16.9 Å². The van der Waals surface area contributed by atoms with Gasteiger partial charge < -0.3 is 4.74 Å². The Morgan fingerprint density at radius 3 is 2.29 bits per heavy atom. The van der Waals surface area contributed by atoms with Crippen LogP contribution in [-0.2, 0) is 0 Å². The van der Waals surface area contributed by atoms with Crippen LogP contribution < -0.4 is 4.74 Å². The SMILES string of the molecule is COc1ccc(SC#Cc2ccccc2)cc1. The summed E-state index contributed by atoms with van der Waals surface area (Å²) in [5, 5.41) is 3.08. The largest absolute Gasteiger partial charge is 0.497 e. The third-order valence-corrected chi connectivity index (χ3v) is 2.91. The third-order valence-electron chi connectivity index (χ3n) is 2.20. The van der Waals surface area contributed by atoms with Crippen molar-refractivity contribution < 1.29 is 4.74 Å². The smallest absolute Gasteiger partial charge is 0.118 e. The molecule has 2 heteroatoms. The molecule has 0 saturated carbocycles. The molecule has 0 amide bonds. The lowest BCUT2D eigenvalue weighted by atomic mass is 10.2. The van der Waals surface area contributed by atoms with Crippen LogP contribution >= 0.6 is 11.8 Å². The highest BCUT2D eigenvalue weighted by Crippen LogP contribution is 2.20. The molecule has 17 heavy (non-hydrogen) atoms. The first kappa shape index (κ1) is 11.6. The first-order chi connectivity index (χ1) is 8.38. The van der Waals surface area contributed by atoms with E-state index in [0.29, 0.717) is 0 Å². The Hall–Kier alpha value is -1.85. The number of hydrogen-bond acceptors (Lipinski definition) is 2. The summed E-state index contributed by atoms with van der Waals surface area (Å²) in [6.45, 7) is 0. The summed E-state index contributed by atoms with van der Waals surface area (Å²) < 4.78 is 5.10. The monoisotopic (exact) mass is 240 g/mol. The van der Waals surface area contributed by atoms with Gasteiger partial charge in [0.2, 0.25) is 0 Å². The molecule has 0 atom stereocenters. The van der Waals surface area contributed by atoms with Gasteiger partial charge in [0.25, 0.3) is 0 Å². The molecule has 2 rings (SSSR count). The van der Waals surface area contributed by atoms with E-state index in [4.69, 9.17) is 4.74 Å². The van der Waals surface area contributed by atoms with Crippen molar-refractivity contribution in [3.05, 3.63) is 60.2 Å². The van der Waals surface area contributed by atoms with E-state index in [-0.39, 0.29) is 0 Å². The van der Waals surface area contributed by atoms with E-state index in [1.54, 1.807) is 7.11 Å². The first-order valence-corrected chi connectivity index (χ1v) is 6.07. The van der Waals surface area contributed by atoms with Crippen molar-refractivity contribution >= 4 is 11.8 Å². The lowest BCUT2D eigenvalue weighted by molar-refractivity contribution is 0.414. The van der Waals surface area contributed by atoms with E-state index < -0.39 is 0 Å². The molecular formula is C15H12OS. The van der Waals surface area contributed by atoms with E-state index in [2.05, 4.69) is 11.2 Å². The summed E-state index contributed by atoms with van der Waals surface area (Å²) >= 11 is 1.52. The summed E-state index contributed by atoms with van der Waals surface area (Å²) in [5.74, 6) is 3.97. The van der Waals surface area contributed by atoms with Crippen LogP contribution in [0.25, 0.3) is 0 Å². The Labute approximate surface area is 106 Å². The Bertz CT molecular complexity index is 520. The van der Waals surface area contributed by atoms with E-state index in [1.165, 1.54) is 11.8 Å². The molecule has 0 radical (unpaired) electrons. The van der Waals surface area contributed by atoms with Crippen molar-refractivity contribution in [2.75, 3.05) is 7.11 Å². The molecule has 0 spiro atoms. The molecule has 84 valence electrons. The number of thioether (sulfide) groups is 1. The molecule has 0 aliphatic heterocycles. The van der Waals surface area contributed by atoms with Gasteiger partial charge in [-0.3, -0.25) is 0 Å². The Morgan fingerprint density at radius 2 is 1.65 bits per heavy atom. The summed E-state index contributed by atoms with van der Waals surface area (Å²) in [7, 11) is 1.66. The van der Waals surface area contributed by atoms with Gasteiger partial charge in [0.1, 0.15) is 5.75 Å². The minimum Gasteiger partial charge on any atom is -0.497 e.